The molecule has 0 radical (unpaired) electrons. The van der Waals surface area contributed by atoms with Crippen LogP contribution in [0.5, 0.6) is 0 Å². The minimum atomic E-state index is -0.457. The van der Waals surface area contributed by atoms with Crippen LogP contribution in [0.3, 0.4) is 0 Å². The van der Waals surface area contributed by atoms with Crippen LogP contribution in [0, 0.1) is 0 Å². The summed E-state index contributed by atoms with van der Waals surface area (Å²) in [5, 5.41) is 0. The van der Waals surface area contributed by atoms with Crippen LogP contribution < -0.4 is 5.76 Å². The van der Waals surface area contributed by atoms with E-state index in [4.69, 9.17) is 4.42 Å². The normalized spacial score (nSPS) is 22.1. The first kappa shape index (κ1) is 18.6. The highest BCUT2D eigenvalue weighted by atomic mass is 32.2. The maximum Gasteiger partial charge on any atom is 0.420 e. The Balaban J connectivity index is 1.52. The van der Waals surface area contributed by atoms with Crippen molar-refractivity contribution in [1.29, 1.82) is 0 Å². The van der Waals surface area contributed by atoms with Gasteiger partial charge in [0.15, 0.2) is 5.58 Å². The summed E-state index contributed by atoms with van der Waals surface area (Å²) in [5.74, 6) is 1.63. The van der Waals surface area contributed by atoms with Crippen LogP contribution in [0.15, 0.2) is 33.5 Å². The lowest BCUT2D eigenvalue weighted by Crippen LogP contribution is -2.50. The van der Waals surface area contributed by atoms with Gasteiger partial charge < -0.3 is 14.2 Å². The van der Waals surface area contributed by atoms with E-state index >= 15 is 0 Å². The monoisotopic (exact) mass is 389 g/mol. The molecule has 2 saturated heterocycles. The maximum absolute atomic E-state index is 13.2. The van der Waals surface area contributed by atoms with E-state index in [0.29, 0.717) is 11.1 Å². The van der Waals surface area contributed by atoms with Crippen molar-refractivity contribution in [3.8, 4) is 0 Å². The highest BCUT2D eigenvalue weighted by Crippen LogP contribution is 2.20. The van der Waals surface area contributed by atoms with Crippen LogP contribution >= 0.6 is 11.8 Å². The van der Waals surface area contributed by atoms with Crippen molar-refractivity contribution in [1.82, 2.24) is 14.4 Å². The average Bonchev–Trinajstić information content (AvgIpc) is 2.84. The van der Waals surface area contributed by atoms with Gasteiger partial charge in [0, 0.05) is 18.8 Å². The van der Waals surface area contributed by atoms with Gasteiger partial charge in [0.2, 0.25) is 5.91 Å². The Bertz CT molecular complexity index is 840. The van der Waals surface area contributed by atoms with E-state index in [1.54, 1.807) is 6.07 Å². The first-order valence-electron chi connectivity index (χ1n) is 9.90. The van der Waals surface area contributed by atoms with Gasteiger partial charge in [-0.05, 0) is 50.2 Å². The molecule has 1 aromatic carbocycles. The van der Waals surface area contributed by atoms with Gasteiger partial charge in [-0.15, -0.1) is 0 Å². The third-order valence-electron chi connectivity index (χ3n) is 5.54. The molecule has 146 valence electrons. The largest absolute Gasteiger partial charge is 0.420 e. The number of nitrogens with zero attached hydrogens (tertiary/aromatic N) is 3. The molecule has 1 unspecified atom stereocenters. The molecule has 1 atom stereocenters. The number of hydrogen-bond acceptors (Lipinski definition) is 5. The zero-order valence-electron chi connectivity index (χ0n) is 15.6. The Kier molecular flexibility index (Phi) is 5.88. The van der Waals surface area contributed by atoms with E-state index in [9.17, 15) is 9.59 Å². The van der Waals surface area contributed by atoms with E-state index in [1.807, 2.05) is 34.9 Å². The molecule has 2 aliphatic rings. The summed E-state index contributed by atoms with van der Waals surface area (Å²) < 4.78 is 6.75. The van der Waals surface area contributed by atoms with E-state index in [0.717, 1.165) is 44.1 Å². The molecular weight excluding hydrogens is 362 g/mol. The van der Waals surface area contributed by atoms with Crippen molar-refractivity contribution >= 4 is 28.8 Å². The molecule has 6 nitrogen and oxygen atoms in total. The zero-order chi connectivity index (χ0) is 18.6. The minimum absolute atomic E-state index is 0.0214. The Morgan fingerprint density at radius 3 is 2.78 bits per heavy atom. The molecule has 0 aliphatic carbocycles. The Morgan fingerprint density at radius 1 is 1.11 bits per heavy atom. The molecule has 2 fully saturated rings. The van der Waals surface area contributed by atoms with Gasteiger partial charge >= 0.3 is 5.76 Å². The first-order valence-corrected chi connectivity index (χ1v) is 11.1. The summed E-state index contributed by atoms with van der Waals surface area (Å²) in [6.07, 6.45) is 4.83. The van der Waals surface area contributed by atoms with Gasteiger partial charge in [0.05, 0.1) is 11.6 Å². The van der Waals surface area contributed by atoms with Crippen molar-refractivity contribution in [3.63, 3.8) is 0 Å². The summed E-state index contributed by atoms with van der Waals surface area (Å²) in [7, 11) is 0. The molecule has 1 aromatic heterocycles. The summed E-state index contributed by atoms with van der Waals surface area (Å²) in [5.41, 5.74) is 1.22. The highest BCUT2D eigenvalue weighted by molar-refractivity contribution is 7.99. The van der Waals surface area contributed by atoms with Crippen molar-refractivity contribution in [2.45, 2.75) is 38.3 Å². The lowest BCUT2D eigenvalue weighted by atomic mass is 10.1. The number of carbonyl (C=O) groups excluding carboxylic acids is 1. The van der Waals surface area contributed by atoms with Crippen LogP contribution in [0.1, 0.15) is 25.7 Å². The first-order chi connectivity index (χ1) is 13.2. The Labute approximate surface area is 163 Å². The van der Waals surface area contributed by atoms with Crippen molar-refractivity contribution in [3.05, 3.63) is 34.8 Å². The predicted octanol–water partition coefficient (Wildman–Crippen LogP) is 2.41. The van der Waals surface area contributed by atoms with Crippen molar-refractivity contribution in [2.75, 3.05) is 37.7 Å². The number of benzene rings is 1. The molecule has 0 saturated carbocycles. The Morgan fingerprint density at radius 2 is 1.93 bits per heavy atom. The fourth-order valence-electron chi connectivity index (χ4n) is 4.14. The molecule has 2 aromatic rings. The standard InChI is InChI=1S/C20H27N3O3S/c24-19(14-23-17-7-2-3-8-18(17)26-20(23)25)22-11-6-12-27-15-16(22)13-21-9-4-1-5-10-21/h2-3,7-8,16H,1,4-6,9-15H2. The molecule has 4 rings (SSSR count). The quantitative estimate of drug-likeness (QED) is 0.804. The second kappa shape index (κ2) is 8.52. The smallest absolute Gasteiger partial charge is 0.408 e. The number of amides is 1. The predicted molar refractivity (Wildman–Crippen MR) is 108 cm³/mol. The number of carbonyl (C=O) groups is 1. The number of fused-ring (bicyclic) bond motifs is 1. The molecule has 0 spiro atoms. The average molecular weight is 390 g/mol. The lowest BCUT2D eigenvalue weighted by Gasteiger charge is -2.35. The van der Waals surface area contributed by atoms with E-state index < -0.39 is 5.76 Å². The number of para-hydroxylation sites is 2. The van der Waals surface area contributed by atoms with Gasteiger partial charge in [0.1, 0.15) is 6.54 Å². The minimum Gasteiger partial charge on any atom is -0.408 e. The fraction of sp³-hybridized carbons (Fsp3) is 0.600. The van der Waals surface area contributed by atoms with Crippen LogP contribution in [-0.2, 0) is 11.3 Å². The van der Waals surface area contributed by atoms with E-state index in [1.165, 1.54) is 23.8 Å². The van der Waals surface area contributed by atoms with Gasteiger partial charge in [-0.3, -0.25) is 9.36 Å². The lowest BCUT2D eigenvalue weighted by molar-refractivity contribution is -0.134. The second-order valence-corrected chi connectivity index (χ2v) is 8.60. The molecule has 7 heteroatoms. The van der Waals surface area contributed by atoms with Gasteiger partial charge in [-0.1, -0.05) is 18.6 Å². The molecule has 0 N–H and O–H groups in total. The number of rotatable bonds is 4. The third-order valence-corrected chi connectivity index (χ3v) is 6.74. The SMILES string of the molecule is O=C(Cn1c(=O)oc2ccccc21)N1CCCSCC1CN1CCCCC1. The number of aromatic nitrogens is 1. The summed E-state index contributed by atoms with van der Waals surface area (Å²) >= 11 is 1.94. The summed E-state index contributed by atoms with van der Waals surface area (Å²) in [4.78, 5) is 29.9. The third kappa shape index (κ3) is 4.24. The van der Waals surface area contributed by atoms with Crippen LogP contribution in [-0.4, -0.2) is 64.0 Å². The fourth-order valence-corrected chi connectivity index (χ4v) is 5.20. The molecule has 27 heavy (non-hydrogen) atoms. The van der Waals surface area contributed by atoms with E-state index in [-0.39, 0.29) is 18.5 Å². The molecule has 0 bridgehead atoms. The summed E-state index contributed by atoms with van der Waals surface area (Å²) in [6.45, 7) is 4.04. The molecule has 1 amide bonds. The van der Waals surface area contributed by atoms with Crippen molar-refractivity contribution in [2.24, 2.45) is 0 Å². The maximum atomic E-state index is 13.2. The van der Waals surface area contributed by atoms with Gasteiger partial charge in [-0.25, -0.2) is 4.79 Å². The number of likely N-dealkylation sites (tertiary alicyclic amines) is 1. The zero-order valence-corrected chi connectivity index (χ0v) is 16.5. The van der Waals surface area contributed by atoms with Crippen LogP contribution in [0.2, 0.25) is 0 Å². The molecular formula is C20H27N3O3S. The van der Waals surface area contributed by atoms with Gasteiger partial charge in [-0.2, -0.15) is 11.8 Å². The van der Waals surface area contributed by atoms with E-state index in [2.05, 4.69) is 4.90 Å². The number of piperidine rings is 1. The topological polar surface area (TPSA) is 58.7 Å². The van der Waals surface area contributed by atoms with Crippen molar-refractivity contribution < 1.29 is 9.21 Å². The van der Waals surface area contributed by atoms with Gasteiger partial charge in [0.25, 0.3) is 0 Å². The molecule has 2 aliphatic heterocycles. The summed E-state index contributed by atoms with van der Waals surface area (Å²) in [6, 6.07) is 7.51. The van der Waals surface area contributed by atoms with Crippen LogP contribution in [0.4, 0.5) is 0 Å². The number of oxazole rings is 1. The second-order valence-electron chi connectivity index (χ2n) is 7.45. The number of hydrogen-bond donors (Lipinski definition) is 0. The number of thioether (sulfide) groups is 1. The highest BCUT2D eigenvalue weighted by Gasteiger charge is 2.28. The molecule has 3 heterocycles. The van der Waals surface area contributed by atoms with Crippen LogP contribution in [0.25, 0.3) is 11.1 Å². The Hall–Kier alpha value is -1.73.